The second-order valence-electron chi connectivity index (χ2n) is 4.92. The van der Waals surface area contributed by atoms with E-state index < -0.39 is 11.7 Å². The first kappa shape index (κ1) is 15.6. The molecule has 2 aromatic heterocycles. The monoisotopic (exact) mass is 329 g/mol. The summed E-state index contributed by atoms with van der Waals surface area (Å²) in [6.45, 7) is 0. The molecule has 0 amide bonds. The van der Waals surface area contributed by atoms with Crippen LogP contribution in [0.2, 0.25) is 0 Å². The average Bonchev–Trinajstić information content (AvgIpc) is 2.91. The van der Waals surface area contributed by atoms with E-state index in [1.807, 2.05) is 6.07 Å². The van der Waals surface area contributed by atoms with Gasteiger partial charge >= 0.3 is 6.18 Å². The van der Waals surface area contributed by atoms with Crippen LogP contribution in [0.25, 0.3) is 16.9 Å². The molecule has 0 fully saturated rings. The smallest absolute Gasteiger partial charge is 0.382 e. The fourth-order valence-corrected chi connectivity index (χ4v) is 2.24. The van der Waals surface area contributed by atoms with Gasteiger partial charge in [-0.25, -0.2) is 4.68 Å². The highest BCUT2D eigenvalue weighted by atomic mass is 19.4. The number of hydrogen-bond donors (Lipinski definition) is 1. The van der Waals surface area contributed by atoms with Crippen molar-refractivity contribution in [2.24, 2.45) is 0 Å². The lowest BCUT2D eigenvalue weighted by atomic mass is 10.1. The van der Waals surface area contributed by atoms with Crippen LogP contribution in [-0.4, -0.2) is 14.8 Å². The van der Waals surface area contributed by atoms with E-state index >= 15 is 0 Å². The minimum absolute atomic E-state index is 0.0959. The van der Waals surface area contributed by atoms with Gasteiger partial charge in [0.25, 0.3) is 0 Å². The normalized spacial score (nSPS) is 11.2. The molecule has 2 heterocycles. The number of nitrogen functional groups attached to an aromatic ring is 1. The number of alkyl halides is 3. The number of pyridine rings is 1. The molecule has 0 bridgehead atoms. The Labute approximate surface area is 134 Å². The summed E-state index contributed by atoms with van der Waals surface area (Å²) in [5.74, 6) is 0.0976. The quantitative estimate of drug-likeness (QED) is 0.781. The molecular formula is C16H10F3N5. The maximum absolute atomic E-state index is 12.7. The fourth-order valence-electron chi connectivity index (χ4n) is 2.24. The van der Waals surface area contributed by atoms with Gasteiger partial charge in [0.2, 0.25) is 0 Å². The molecule has 0 aliphatic rings. The van der Waals surface area contributed by atoms with Crippen molar-refractivity contribution in [1.29, 1.82) is 5.26 Å². The molecule has 3 aromatic rings. The summed E-state index contributed by atoms with van der Waals surface area (Å²) in [5, 5.41) is 13.6. The molecule has 0 aliphatic carbocycles. The molecule has 3 rings (SSSR count). The summed E-state index contributed by atoms with van der Waals surface area (Å²) in [6.07, 6.45) is -1.34. The highest BCUT2D eigenvalue weighted by Gasteiger charge is 2.30. The Morgan fingerprint density at radius 2 is 1.83 bits per heavy atom. The maximum Gasteiger partial charge on any atom is 0.416 e. The first-order valence-corrected chi connectivity index (χ1v) is 6.78. The summed E-state index contributed by atoms with van der Waals surface area (Å²) in [6, 6.07) is 9.74. The number of rotatable bonds is 2. The van der Waals surface area contributed by atoms with Crippen LogP contribution >= 0.6 is 0 Å². The fraction of sp³-hybridized carbons (Fsp3) is 0.0625. The summed E-state index contributed by atoms with van der Waals surface area (Å²) < 4.78 is 39.3. The highest BCUT2D eigenvalue weighted by molar-refractivity contribution is 5.73. The van der Waals surface area contributed by atoms with E-state index in [1.165, 1.54) is 23.0 Å². The summed E-state index contributed by atoms with van der Waals surface area (Å²) in [7, 11) is 0. The van der Waals surface area contributed by atoms with Crippen molar-refractivity contribution in [3.63, 3.8) is 0 Å². The number of nitrogens with two attached hydrogens (primary N) is 1. The summed E-state index contributed by atoms with van der Waals surface area (Å²) in [4.78, 5) is 3.95. The Balaban J connectivity index is 2.11. The van der Waals surface area contributed by atoms with E-state index in [0.717, 1.165) is 12.1 Å². The molecular weight excluding hydrogens is 319 g/mol. The van der Waals surface area contributed by atoms with Crippen molar-refractivity contribution < 1.29 is 13.2 Å². The molecule has 2 N–H and O–H groups in total. The maximum atomic E-state index is 12.7. The van der Waals surface area contributed by atoms with Crippen LogP contribution in [0.15, 0.2) is 48.8 Å². The lowest BCUT2D eigenvalue weighted by Crippen LogP contribution is -2.04. The minimum atomic E-state index is -4.43. The van der Waals surface area contributed by atoms with Gasteiger partial charge in [-0.1, -0.05) is 12.1 Å². The van der Waals surface area contributed by atoms with Crippen LogP contribution in [0.5, 0.6) is 0 Å². The standard InChI is InChI=1S/C16H10F3N5/c17-16(18,19)11-5-3-10(4-6-11)14-13(8-20)15(21)24(23-14)12-2-1-7-22-9-12/h1-7,9H,21H2. The number of halogens is 3. The molecule has 0 spiro atoms. The Hall–Kier alpha value is -3.34. The summed E-state index contributed by atoms with van der Waals surface area (Å²) in [5.41, 5.74) is 6.41. The third-order valence-corrected chi connectivity index (χ3v) is 3.41. The zero-order valence-corrected chi connectivity index (χ0v) is 12.1. The van der Waals surface area contributed by atoms with Crippen molar-refractivity contribution in [2.75, 3.05) is 5.73 Å². The van der Waals surface area contributed by atoms with E-state index in [1.54, 1.807) is 18.3 Å². The average molecular weight is 329 g/mol. The van der Waals surface area contributed by atoms with Gasteiger partial charge in [-0.15, -0.1) is 0 Å². The van der Waals surface area contributed by atoms with E-state index in [2.05, 4.69) is 10.1 Å². The Morgan fingerprint density at radius 1 is 1.12 bits per heavy atom. The second-order valence-corrected chi connectivity index (χ2v) is 4.92. The largest absolute Gasteiger partial charge is 0.416 e. The number of nitriles is 1. The Kier molecular flexibility index (Phi) is 3.69. The first-order chi connectivity index (χ1) is 11.4. The zero-order chi connectivity index (χ0) is 17.3. The first-order valence-electron chi connectivity index (χ1n) is 6.78. The van der Waals surface area contributed by atoms with E-state index in [9.17, 15) is 18.4 Å². The highest BCUT2D eigenvalue weighted by Crippen LogP contribution is 2.33. The molecule has 1 aromatic carbocycles. The Bertz CT molecular complexity index is 906. The molecule has 24 heavy (non-hydrogen) atoms. The molecule has 5 nitrogen and oxygen atoms in total. The van der Waals surface area contributed by atoms with Gasteiger partial charge in [0.15, 0.2) is 0 Å². The van der Waals surface area contributed by atoms with Gasteiger partial charge in [-0.05, 0) is 24.3 Å². The van der Waals surface area contributed by atoms with Crippen LogP contribution in [0.3, 0.4) is 0 Å². The van der Waals surface area contributed by atoms with Crippen molar-refractivity contribution in [2.45, 2.75) is 6.18 Å². The third-order valence-electron chi connectivity index (χ3n) is 3.41. The minimum Gasteiger partial charge on any atom is -0.382 e. The second kappa shape index (κ2) is 5.70. The predicted molar refractivity (Wildman–Crippen MR) is 80.9 cm³/mol. The van der Waals surface area contributed by atoms with Crippen molar-refractivity contribution in [3.8, 4) is 23.0 Å². The van der Waals surface area contributed by atoms with Gasteiger partial charge < -0.3 is 5.73 Å². The van der Waals surface area contributed by atoms with Gasteiger partial charge in [-0.2, -0.15) is 23.5 Å². The van der Waals surface area contributed by atoms with Crippen LogP contribution in [-0.2, 0) is 6.18 Å². The number of benzene rings is 1. The molecule has 0 aliphatic heterocycles. The number of aromatic nitrogens is 3. The van der Waals surface area contributed by atoms with Gasteiger partial charge in [-0.3, -0.25) is 4.98 Å². The van der Waals surface area contributed by atoms with Crippen molar-refractivity contribution in [3.05, 3.63) is 59.9 Å². The number of nitrogens with zero attached hydrogens (tertiary/aromatic N) is 4. The van der Waals surface area contributed by atoms with Crippen LogP contribution < -0.4 is 5.73 Å². The predicted octanol–water partition coefficient (Wildman–Crippen LogP) is 3.41. The lowest BCUT2D eigenvalue weighted by Gasteiger charge is -2.06. The van der Waals surface area contributed by atoms with Crippen LogP contribution in [0.4, 0.5) is 19.0 Å². The molecule has 8 heteroatoms. The van der Waals surface area contributed by atoms with Crippen molar-refractivity contribution in [1.82, 2.24) is 14.8 Å². The molecule has 0 atom stereocenters. The number of hydrogen-bond acceptors (Lipinski definition) is 4. The lowest BCUT2D eigenvalue weighted by molar-refractivity contribution is -0.137. The van der Waals surface area contributed by atoms with E-state index in [0.29, 0.717) is 11.3 Å². The zero-order valence-electron chi connectivity index (χ0n) is 12.1. The van der Waals surface area contributed by atoms with Gasteiger partial charge in [0, 0.05) is 11.8 Å². The summed E-state index contributed by atoms with van der Waals surface area (Å²) >= 11 is 0. The number of anilines is 1. The SMILES string of the molecule is N#Cc1c(-c2ccc(C(F)(F)F)cc2)nn(-c2cccnc2)c1N. The van der Waals surface area contributed by atoms with Crippen molar-refractivity contribution >= 4 is 5.82 Å². The Morgan fingerprint density at radius 3 is 2.38 bits per heavy atom. The molecule has 0 saturated heterocycles. The van der Waals surface area contributed by atoms with Crippen LogP contribution in [0, 0.1) is 11.3 Å². The topological polar surface area (TPSA) is 80.5 Å². The van der Waals surface area contributed by atoms with E-state index in [-0.39, 0.29) is 17.1 Å². The third kappa shape index (κ3) is 2.67. The molecule has 0 saturated carbocycles. The molecule has 120 valence electrons. The molecule has 0 radical (unpaired) electrons. The van der Waals surface area contributed by atoms with E-state index in [4.69, 9.17) is 5.73 Å². The molecule has 0 unspecified atom stereocenters. The van der Waals surface area contributed by atoms with Crippen LogP contribution in [0.1, 0.15) is 11.1 Å². The van der Waals surface area contributed by atoms with Gasteiger partial charge in [0.05, 0.1) is 17.4 Å². The van der Waals surface area contributed by atoms with Gasteiger partial charge in [0.1, 0.15) is 23.1 Å².